The van der Waals surface area contributed by atoms with E-state index in [1.165, 1.54) is 5.06 Å². The first-order chi connectivity index (χ1) is 5.64. The molecule has 0 aliphatic carbocycles. The molecule has 0 aromatic carbocycles. The number of phosphoric acid groups is 1. The van der Waals surface area contributed by atoms with Crippen molar-refractivity contribution in [1.82, 2.24) is 5.06 Å². The highest BCUT2D eigenvalue weighted by atomic mass is 31.2. The smallest absolute Gasteiger partial charge is 0.301 e. The maximum atomic E-state index is 11.0. The largest absolute Gasteiger partial charge is 0.488 e. The first kappa shape index (κ1) is 10.2. The minimum Gasteiger partial charge on any atom is -0.301 e. The number of hydroxylamine groups is 2. The van der Waals surface area contributed by atoms with Crippen LogP contribution in [0.5, 0.6) is 0 Å². The molecule has 1 saturated heterocycles. The predicted molar refractivity (Wildman–Crippen MR) is 43.3 cm³/mol. The molecule has 0 amide bonds. The highest BCUT2D eigenvalue weighted by molar-refractivity contribution is 7.47. The number of nitrogens with zero attached hydrogens (tertiary/aromatic N) is 1. The molecule has 0 saturated carbocycles. The van der Waals surface area contributed by atoms with Gasteiger partial charge < -0.3 is 4.89 Å². The van der Waals surface area contributed by atoms with Gasteiger partial charge in [0.25, 0.3) is 0 Å². The Hall–Kier alpha value is 0.0700. The number of hydrogen-bond acceptors (Lipinski definition) is 4. The Bertz CT molecular complexity index is 180. The molecule has 5 nitrogen and oxygen atoms in total. The van der Waals surface area contributed by atoms with E-state index in [4.69, 9.17) is 9.52 Å². The van der Waals surface area contributed by atoms with Gasteiger partial charge in [-0.05, 0) is 19.8 Å². The van der Waals surface area contributed by atoms with E-state index in [1.54, 1.807) is 6.92 Å². The van der Waals surface area contributed by atoms with E-state index < -0.39 is 7.82 Å². The molecule has 1 unspecified atom stereocenters. The molecule has 0 radical (unpaired) electrons. The Morgan fingerprint density at radius 1 is 1.50 bits per heavy atom. The average molecular weight is 195 g/mol. The van der Waals surface area contributed by atoms with Crippen molar-refractivity contribution in [3.63, 3.8) is 0 Å². The van der Waals surface area contributed by atoms with Crippen molar-refractivity contribution in [3.05, 3.63) is 0 Å². The first-order valence-corrected chi connectivity index (χ1v) is 5.55. The number of hydrogen-bond donors (Lipinski definition) is 1. The van der Waals surface area contributed by atoms with Crippen LogP contribution in [0.15, 0.2) is 0 Å². The monoisotopic (exact) mass is 195 g/mol. The average Bonchev–Trinajstić information content (AvgIpc) is 2.38. The van der Waals surface area contributed by atoms with Crippen molar-refractivity contribution in [2.75, 3.05) is 19.7 Å². The van der Waals surface area contributed by atoms with Gasteiger partial charge in [-0.25, -0.2) is 4.57 Å². The zero-order valence-corrected chi connectivity index (χ0v) is 8.00. The van der Waals surface area contributed by atoms with E-state index in [0.29, 0.717) is 13.1 Å². The summed E-state index contributed by atoms with van der Waals surface area (Å²) in [5.74, 6) is 0. The van der Waals surface area contributed by atoms with Gasteiger partial charge in [0.15, 0.2) is 0 Å². The summed E-state index contributed by atoms with van der Waals surface area (Å²) in [6.07, 6.45) is 2.01. The summed E-state index contributed by atoms with van der Waals surface area (Å²) in [6.45, 7) is 3.24. The van der Waals surface area contributed by atoms with Crippen LogP contribution in [0.4, 0.5) is 0 Å². The molecule has 0 bridgehead atoms. The first-order valence-electron chi connectivity index (χ1n) is 4.06. The summed E-state index contributed by atoms with van der Waals surface area (Å²) in [4.78, 5) is 9.04. The van der Waals surface area contributed by atoms with Crippen LogP contribution in [0.1, 0.15) is 19.8 Å². The van der Waals surface area contributed by atoms with Crippen molar-refractivity contribution in [3.8, 4) is 0 Å². The predicted octanol–water partition coefficient (Wildman–Crippen LogP) is 1.15. The molecule has 1 N–H and O–H groups in total. The van der Waals surface area contributed by atoms with Gasteiger partial charge in [-0.1, -0.05) is 0 Å². The Morgan fingerprint density at radius 2 is 2.08 bits per heavy atom. The topological polar surface area (TPSA) is 59.0 Å². The fraction of sp³-hybridized carbons (Fsp3) is 1.00. The van der Waals surface area contributed by atoms with E-state index in [9.17, 15) is 4.57 Å². The molecule has 0 aromatic rings. The Kier molecular flexibility index (Phi) is 3.68. The van der Waals surface area contributed by atoms with Gasteiger partial charge in [0.1, 0.15) is 0 Å². The molecule has 12 heavy (non-hydrogen) atoms. The minimum absolute atomic E-state index is 0.182. The molecule has 6 heteroatoms. The van der Waals surface area contributed by atoms with Gasteiger partial charge in [-0.3, -0.25) is 4.52 Å². The lowest BCUT2D eigenvalue weighted by molar-refractivity contribution is -0.0664. The van der Waals surface area contributed by atoms with Crippen LogP contribution in [0.3, 0.4) is 0 Å². The summed E-state index contributed by atoms with van der Waals surface area (Å²) in [6, 6.07) is 0. The standard InChI is InChI=1S/C6H14NO4P/c1-2-10-12(8,9)11-7-5-3-4-6-7/h2-6H2,1H3,(H,8,9). The normalized spacial score (nSPS) is 24.2. The lowest BCUT2D eigenvalue weighted by Crippen LogP contribution is -2.18. The number of phosphoric ester groups is 1. The van der Waals surface area contributed by atoms with E-state index in [1.807, 2.05) is 0 Å². The summed E-state index contributed by atoms with van der Waals surface area (Å²) < 4.78 is 20.3. The van der Waals surface area contributed by atoms with Gasteiger partial charge >= 0.3 is 7.82 Å². The summed E-state index contributed by atoms with van der Waals surface area (Å²) in [5, 5.41) is 1.48. The fourth-order valence-electron chi connectivity index (χ4n) is 1.10. The lowest BCUT2D eigenvalue weighted by Gasteiger charge is -2.17. The summed E-state index contributed by atoms with van der Waals surface area (Å²) in [5.41, 5.74) is 0. The van der Waals surface area contributed by atoms with Crippen LogP contribution >= 0.6 is 7.82 Å². The molecule has 1 aliphatic heterocycles. The molecular weight excluding hydrogens is 181 g/mol. The van der Waals surface area contributed by atoms with Gasteiger partial charge in [0, 0.05) is 13.1 Å². The highest BCUT2D eigenvalue weighted by Gasteiger charge is 2.26. The van der Waals surface area contributed by atoms with Crippen LogP contribution < -0.4 is 0 Å². The van der Waals surface area contributed by atoms with E-state index >= 15 is 0 Å². The third-order valence-electron chi connectivity index (χ3n) is 1.58. The number of rotatable bonds is 4. The summed E-state index contributed by atoms with van der Waals surface area (Å²) >= 11 is 0. The Balaban J connectivity index is 2.32. The van der Waals surface area contributed by atoms with Crippen LogP contribution in [-0.2, 0) is 13.7 Å². The fourth-order valence-corrected chi connectivity index (χ4v) is 1.93. The summed E-state index contributed by atoms with van der Waals surface area (Å²) in [7, 11) is -3.82. The minimum atomic E-state index is -3.82. The third kappa shape index (κ3) is 3.21. The lowest BCUT2D eigenvalue weighted by atomic mass is 10.4. The maximum Gasteiger partial charge on any atom is 0.488 e. The Labute approximate surface area is 71.8 Å². The van der Waals surface area contributed by atoms with Crippen LogP contribution in [-0.4, -0.2) is 29.7 Å². The van der Waals surface area contributed by atoms with E-state index in [-0.39, 0.29) is 6.61 Å². The maximum absolute atomic E-state index is 11.0. The van der Waals surface area contributed by atoms with Gasteiger partial charge in [0.2, 0.25) is 0 Å². The van der Waals surface area contributed by atoms with E-state index in [0.717, 1.165) is 12.8 Å². The molecule has 0 spiro atoms. The molecule has 1 rings (SSSR count). The van der Waals surface area contributed by atoms with Crippen LogP contribution in [0, 0.1) is 0 Å². The van der Waals surface area contributed by atoms with E-state index in [2.05, 4.69) is 4.52 Å². The molecule has 1 atom stereocenters. The zero-order valence-electron chi connectivity index (χ0n) is 7.10. The SMILES string of the molecule is CCOP(=O)(O)ON1CCCC1. The Morgan fingerprint density at radius 3 is 2.58 bits per heavy atom. The molecular formula is C6H14NO4P. The molecule has 1 aliphatic rings. The van der Waals surface area contributed by atoms with Crippen molar-refractivity contribution in [1.29, 1.82) is 0 Å². The molecule has 0 aromatic heterocycles. The molecule has 72 valence electrons. The van der Waals surface area contributed by atoms with Crippen LogP contribution in [0.2, 0.25) is 0 Å². The van der Waals surface area contributed by atoms with Gasteiger partial charge in [0.05, 0.1) is 6.61 Å². The second-order valence-corrected chi connectivity index (χ2v) is 3.96. The molecule has 1 fully saturated rings. The zero-order chi connectivity index (χ0) is 9.03. The van der Waals surface area contributed by atoms with Crippen molar-refractivity contribution >= 4 is 7.82 Å². The van der Waals surface area contributed by atoms with Crippen LogP contribution in [0.25, 0.3) is 0 Å². The second kappa shape index (κ2) is 4.35. The third-order valence-corrected chi connectivity index (χ3v) is 2.60. The molecule has 1 heterocycles. The second-order valence-electron chi connectivity index (χ2n) is 2.60. The van der Waals surface area contributed by atoms with Crippen molar-refractivity contribution < 1.29 is 18.6 Å². The quantitative estimate of drug-likeness (QED) is 0.682. The van der Waals surface area contributed by atoms with Crippen molar-refractivity contribution in [2.24, 2.45) is 0 Å². The van der Waals surface area contributed by atoms with Crippen molar-refractivity contribution in [2.45, 2.75) is 19.8 Å². The van der Waals surface area contributed by atoms with Gasteiger partial charge in [-0.2, -0.15) is 9.69 Å². The highest BCUT2D eigenvalue weighted by Crippen LogP contribution is 2.44. The van der Waals surface area contributed by atoms with Gasteiger partial charge in [-0.15, -0.1) is 0 Å².